The number of unbranched alkanes of at least 4 members (excludes halogenated alkanes) is 1. The van der Waals surface area contributed by atoms with Gasteiger partial charge in [0.15, 0.2) is 0 Å². The van der Waals surface area contributed by atoms with E-state index < -0.39 is 0 Å². The van der Waals surface area contributed by atoms with E-state index in [0.717, 1.165) is 80.0 Å². The second-order valence-corrected chi connectivity index (χ2v) is 9.46. The third-order valence-electron chi connectivity index (χ3n) is 5.96. The lowest BCUT2D eigenvalue weighted by Crippen LogP contribution is -2.37. The number of fused-ring (bicyclic) bond motifs is 1. The van der Waals surface area contributed by atoms with Crippen molar-refractivity contribution in [1.29, 1.82) is 0 Å². The molecule has 1 unspecified atom stereocenters. The smallest absolute Gasteiger partial charge is 0.263 e. The average molecular weight is 459 g/mol. The van der Waals surface area contributed by atoms with Gasteiger partial charge in [-0.2, -0.15) is 0 Å². The van der Waals surface area contributed by atoms with Gasteiger partial charge in [0.2, 0.25) is 0 Å². The molecule has 0 saturated carbocycles. The number of halogens is 1. The summed E-state index contributed by atoms with van der Waals surface area (Å²) in [5.74, 6) is -0.325. The van der Waals surface area contributed by atoms with E-state index in [0.29, 0.717) is 11.3 Å². The second-order valence-electron chi connectivity index (χ2n) is 8.34. The molecule has 0 bridgehead atoms. The van der Waals surface area contributed by atoms with Gasteiger partial charge in [-0.05, 0) is 36.6 Å². The normalized spacial score (nSPS) is 15.8. The van der Waals surface area contributed by atoms with Crippen molar-refractivity contribution >= 4 is 28.1 Å². The van der Waals surface area contributed by atoms with Crippen LogP contribution in [0.25, 0.3) is 10.9 Å². The fourth-order valence-corrected chi connectivity index (χ4v) is 4.94. The average Bonchev–Trinajstić information content (AvgIpc) is 3.44. The largest absolute Gasteiger partial charge is 0.379 e. The number of carbonyl (C=O) groups excluding carboxylic acids is 1. The molecule has 32 heavy (non-hydrogen) atoms. The zero-order chi connectivity index (χ0) is 22.3. The summed E-state index contributed by atoms with van der Waals surface area (Å²) < 4.78 is 19.1. The molecule has 2 aromatic heterocycles. The van der Waals surface area contributed by atoms with Crippen LogP contribution in [0.5, 0.6) is 0 Å². The molecule has 0 spiro atoms. The summed E-state index contributed by atoms with van der Waals surface area (Å²) in [6.45, 7) is 6.56. The van der Waals surface area contributed by atoms with E-state index in [4.69, 9.17) is 4.74 Å². The molecule has 1 saturated heterocycles. The van der Waals surface area contributed by atoms with Crippen molar-refractivity contribution in [2.75, 3.05) is 32.8 Å². The van der Waals surface area contributed by atoms with E-state index in [1.807, 2.05) is 6.20 Å². The number of aromatic amines is 1. The number of aromatic nitrogens is 2. The van der Waals surface area contributed by atoms with Crippen molar-refractivity contribution in [2.24, 2.45) is 0 Å². The van der Waals surface area contributed by atoms with E-state index in [2.05, 4.69) is 27.1 Å². The lowest BCUT2D eigenvalue weighted by atomic mass is 10.0. The number of hydrogen-bond acceptors (Lipinski definition) is 5. The zero-order valence-electron chi connectivity index (χ0n) is 18.5. The van der Waals surface area contributed by atoms with Crippen LogP contribution >= 0.6 is 11.3 Å². The van der Waals surface area contributed by atoms with Crippen molar-refractivity contribution in [3.05, 3.63) is 51.9 Å². The highest BCUT2D eigenvalue weighted by Gasteiger charge is 2.19. The number of benzene rings is 1. The van der Waals surface area contributed by atoms with Crippen LogP contribution in [-0.4, -0.2) is 59.7 Å². The minimum absolute atomic E-state index is 0.0105. The minimum atomic E-state index is -0.248. The van der Waals surface area contributed by atoms with Gasteiger partial charge in [0.05, 0.1) is 24.4 Å². The Morgan fingerprint density at radius 2 is 2.22 bits per heavy atom. The quantitative estimate of drug-likeness (QED) is 0.478. The third-order valence-corrected chi connectivity index (χ3v) is 7.02. The fraction of sp³-hybridized carbons (Fsp3) is 0.500. The first-order valence-electron chi connectivity index (χ1n) is 11.4. The van der Waals surface area contributed by atoms with Crippen LogP contribution in [0.2, 0.25) is 0 Å². The van der Waals surface area contributed by atoms with Gasteiger partial charge in [-0.15, -0.1) is 11.3 Å². The summed E-state index contributed by atoms with van der Waals surface area (Å²) in [6.07, 6.45) is 8.08. The first kappa shape index (κ1) is 22.9. The van der Waals surface area contributed by atoms with E-state index in [9.17, 15) is 9.18 Å². The van der Waals surface area contributed by atoms with E-state index in [1.165, 1.54) is 17.4 Å². The predicted molar refractivity (Wildman–Crippen MR) is 126 cm³/mol. The monoisotopic (exact) mass is 458 g/mol. The van der Waals surface area contributed by atoms with Gasteiger partial charge < -0.3 is 15.0 Å². The predicted octanol–water partition coefficient (Wildman–Crippen LogP) is 4.17. The van der Waals surface area contributed by atoms with E-state index in [-0.39, 0.29) is 17.8 Å². The van der Waals surface area contributed by atoms with Crippen molar-refractivity contribution < 1.29 is 13.9 Å². The molecule has 0 radical (unpaired) electrons. The number of thiazole rings is 1. The molecule has 1 fully saturated rings. The summed E-state index contributed by atoms with van der Waals surface area (Å²) in [6, 6.07) is 4.76. The van der Waals surface area contributed by atoms with Gasteiger partial charge >= 0.3 is 0 Å². The first-order valence-corrected chi connectivity index (χ1v) is 12.2. The van der Waals surface area contributed by atoms with E-state index >= 15 is 0 Å². The number of morpholine rings is 1. The van der Waals surface area contributed by atoms with Crippen molar-refractivity contribution in [1.82, 2.24) is 20.2 Å². The Kier molecular flexibility index (Phi) is 7.89. The van der Waals surface area contributed by atoms with Gasteiger partial charge in [-0.25, -0.2) is 9.37 Å². The van der Waals surface area contributed by atoms with Gasteiger partial charge in [0.25, 0.3) is 5.91 Å². The van der Waals surface area contributed by atoms with E-state index in [1.54, 1.807) is 18.3 Å². The Balaban J connectivity index is 1.38. The van der Waals surface area contributed by atoms with Crippen LogP contribution in [0.4, 0.5) is 4.39 Å². The maximum atomic E-state index is 13.8. The number of ether oxygens (including phenoxy) is 1. The Morgan fingerprint density at radius 3 is 3.03 bits per heavy atom. The summed E-state index contributed by atoms with van der Waals surface area (Å²) in [4.78, 5) is 23.6. The molecule has 2 N–H and O–H groups in total. The Labute approximate surface area is 192 Å². The number of amides is 1. The maximum Gasteiger partial charge on any atom is 0.263 e. The van der Waals surface area contributed by atoms with Crippen molar-refractivity contribution in [2.45, 2.75) is 45.1 Å². The van der Waals surface area contributed by atoms with Crippen LogP contribution in [0, 0.1) is 5.82 Å². The van der Waals surface area contributed by atoms with Crippen molar-refractivity contribution in [3.8, 4) is 0 Å². The highest BCUT2D eigenvalue weighted by Crippen LogP contribution is 2.22. The molecule has 1 atom stereocenters. The number of hydrogen-bond donors (Lipinski definition) is 2. The number of carbonyl (C=O) groups is 1. The Hall–Kier alpha value is -2.29. The number of nitrogens with zero attached hydrogens (tertiary/aromatic N) is 2. The lowest BCUT2D eigenvalue weighted by molar-refractivity contribution is 0.0384. The highest BCUT2D eigenvalue weighted by molar-refractivity contribution is 7.13. The standard InChI is InChI=1S/C24H31FN4O2S/c1-2-3-4-19(13-17-15-26-21-6-5-18(25)14-20(17)21)28-24(30)22-16-27-23(32-22)7-8-29-9-11-31-12-10-29/h5-6,14-16,19,26H,2-4,7-13H2,1H3,(H,28,30). The topological polar surface area (TPSA) is 70.2 Å². The summed E-state index contributed by atoms with van der Waals surface area (Å²) in [5.41, 5.74) is 1.94. The molecule has 1 amide bonds. The van der Waals surface area contributed by atoms with Gasteiger partial charge in [0.1, 0.15) is 10.7 Å². The minimum Gasteiger partial charge on any atom is -0.379 e. The number of nitrogens with one attached hydrogen (secondary N) is 2. The Bertz CT molecular complexity index is 1030. The number of rotatable bonds is 10. The lowest BCUT2D eigenvalue weighted by Gasteiger charge is -2.25. The maximum absolute atomic E-state index is 13.8. The van der Waals surface area contributed by atoms with Gasteiger partial charge in [0, 0.05) is 49.2 Å². The van der Waals surface area contributed by atoms with Gasteiger partial charge in [-0.1, -0.05) is 19.8 Å². The molecule has 6 nitrogen and oxygen atoms in total. The molecular formula is C24H31FN4O2S. The molecule has 1 aliphatic rings. The molecule has 172 valence electrons. The summed E-state index contributed by atoms with van der Waals surface area (Å²) >= 11 is 1.47. The number of H-pyrrole nitrogens is 1. The van der Waals surface area contributed by atoms with Crippen LogP contribution in [0.1, 0.15) is 46.4 Å². The first-order chi connectivity index (χ1) is 15.6. The molecule has 4 rings (SSSR count). The molecular weight excluding hydrogens is 427 g/mol. The molecule has 3 aromatic rings. The Morgan fingerprint density at radius 1 is 1.38 bits per heavy atom. The van der Waals surface area contributed by atoms with Crippen molar-refractivity contribution in [3.63, 3.8) is 0 Å². The molecule has 8 heteroatoms. The van der Waals surface area contributed by atoms with Gasteiger partial charge in [-0.3, -0.25) is 9.69 Å². The molecule has 0 aliphatic carbocycles. The van der Waals surface area contributed by atoms with Crippen LogP contribution in [0.3, 0.4) is 0 Å². The molecule has 1 aromatic carbocycles. The fourth-order valence-electron chi connectivity index (χ4n) is 4.13. The molecule has 3 heterocycles. The molecule has 1 aliphatic heterocycles. The third kappa shape index (κ3) is 5.94. The SMILES string of the molecule is CCCCC(Cc1c[nH]c2ccc(F)cc12)NC(=O)c1cnc(CCN2CCOCC2)s1. The van der Waals surface area contributed by atoms with Crippen LogP contribution in [-0.2, 0) is 17.6 Å². The van der Waals surface area contributed by atoms with Crippen LogP contribution in [0.15, 0.2) is 30.6 Å². The summed E-state index contributed by atoms with van der Waals surface area (Å²) in [5, 5.41) is 5.07. The second kappa shape index (κ2) is 11.0. The summed E-state index contributed by atoms with van der Waals surface area (Å²) in [7, 11) is 0. The zero-order valence-corrected chi connectivity index (χ0v) is 19.3. The van der Waals surface area contributed by atoms with Crippen LogP contribution < -0.4 is 5.32 Å². The highest BCUT2D eigenvalue weighted by atomic mass is 32.1.